The highest BCUT2D eigenvalue weighted by Crippen LogP contribution is 2.61. The van der Waals surface area contributed by atoms with E-state index < -0.39 is 0 Å². The van der Waals surface area contributed by atoms with Gasteiger partial charge >= 0.3 is 0 Å². The fraction of sp³-hybridized carbons (Fsp3) is 0.846. The molecule has 0 aliphatic heterocycles. The topological polar surface area (TPSA) is 0 Å². The standard InChI is InChI=1S/C13H22/c1-4-5-6-10-7-8-11-9-12(10)13(11,2)3/h6,11-12H,4-5,7-9H2,1-3H3/b10-6-/t11-,12-/m0/s1. The molecule has 3 fully saturated rings. The van der Waals surface area contributed by atoms with E-state index in [0.717, 1.165) is 11.8 Å². The number of hydrogen-bond acceptors (Lipinski definition) is 0. The Hall–Kier alpha value is -0.260. The normalized spacial score (nSPS) is 38.8. The minimum atomic E-state index is 0.637. The fourth-order valence-electron chi connectivity index (χ4n) is 3.22. The van der Waals surface area contributed by atoms with E-state index in [1.165, 1.54) is 32.1 Å². The molecule has 0 heteroatoms. The van der Waals surface area contributed by atoms with Crippen LogP contribution in [0.25, 0.3) is 0 Å². The Morgan fingerprint density at radius 2 is 2.23 bits per heavy atom. The maximum Gasteiger partial charge on any atom is -0.0146 e. The van der Waals surface area contributed by atoms with Crippen LogP contribution in [0.5, 0.6) is 0 Å². The Balaban J connectivity index is 2.07. The Kier molecular flexibility index (Phi) is 2.25. The number of allylic oxidation sites excluding steroid dienone is 2. The van der Waals surface area contributed by atoms with Gasteiger partial charge < -0.3 is 0 Å². The van der Waals surface area contributed by atoms with Gasteiger partial charge in [0, 0.05) is 0 Å². The number of hydrogen-bond donors (Lipinski definition) is 0. The van der Waals surface area contributed by atoms with Gasteiger partial charge in [0.15, 0.2) is 0 Å². The van der Waals surface area contributed by atoms with Gasteiger partial charge in [0.1, 0.15) is 0 Å². The molecule has 0 spiro atoms. The molecule has 0 aromatic carbocycles. The lowest BCUT2D eigenvalue weighted by molar-refractivity contribution is -0.0279. The second kappa shape index (κ2) is 3.15. The van der Waals surface area contributed by atoms with Crippen molar-refractivity contribution in [3.05, 3.63) is 11.6 Å². The highest BCUT2D eigenvalue weighted by Gasteiger charge is 2.51. The van der Waals surface area contributed by atoms with Crippen LogP contribution in [0.2, 0.25) is 0 Å². The first-order chi connectivity index (χ1) is 6.16. The third-order valence-electron chi connectivity index (χ3n) is 4.39. The number of fused-ring (bicyclic) bond motifs is 2. The van der Waals surface area contributed by atoms with Crippen molar-refractivity contribution in [3.63, 3.8) is 0 Å². The molecule has 0 aromatic heterocycles. The third-order valence-corrected chi connectivity index (χ3v) is 4.39. The van der Waals surface area contributed by atoms with Crippen molar-refractivity contribution in [2.75, 3.05) is 0 Å². The molecule has 3 rings (SSSR count). The molecule has 0 radical (unpaired) electrons. The third kappa shape index (κ3) is 1.35. The highest BCUT2D eigenvalue weighted by molar-refractivity contribution is 5.21. The molecule has 74 valence electrons. The summed E-state index contributed by atoms with van der Waals surface area (Å²) in [5, 5.41) is 0. The molecule has 3 saturated carbocycles. The Morgan fingerprint density at radius 1 is 1.46 bits per heavy atom. The van der Waals surface area contributed by atoms with E-state index in [4.69, 9.17) is 0 Å². The molecule has 2 atom stereocenters. The van der Waals surface area contributed by atoms with Crippen LogP contribution in [0.1, 0.15) is 52.9 Å². The lowest BCUT2D eigenvalue weighted by Crippen LogP contribution is -2.49. The lowest BCUT2D eigenvalue weighted by atomic mass is 9.47. The Bertz CT molecular complexity index is 220. The van der Waals surface area contributed by atoms with Crippen molar-refractivity contribution < 1.29 is 0 Å². The summed E-state index contributed by atoms with van der Waals surface area (Å²) in [5.74, 6) is 1.98. The fourth-order valence-corrected chi connectivity index (χ4v) is 3.22. The SMILES string of the molecule is CCC/C=C1/CC[C@H]2C[C@@H]1C2(C)C. The van der Waals surface area contributed by atoms with E-state index >= 15 is 0 Å². The van der Waals surface area contributed by atoms with Crippen LogP contribution < -0.4 is 0 Å². The lowest BCUT2D eigenvalue weighted by Gasteiger charge is -2.58. The van der Waals surface area contributed by atoms with Crippen molar-refractivity contribution in [1.82, 2.24) is 0 Å². The van der Waals surface area contributed by atoms with E-state index in [2.05, 4.69) is 26.8 Å². The summed E-state index contributed by atoms with van der Waals surface area (Å²) >= 11 is 0. The molecule has 0 unspecified atom stereocenters. The van der Waals surface area contributed by atoms with Gasteiger partial charge in [-0.05, 0) is 42.9 Å². The van der Waals surface area contributed by atoms with Crippen molar-refractivity contribution >= 4 is 0 Å². The first-order valence-electron chi connectivity index (χ1n) is 5.85. The first-order valence-corrected chi connectivity index (χ1v) is 5.85. The molecule has 0 N–H and O–H groups in total. The first kappa shape index (κ1) is 9.30. The predicted octanol–water partition coefficient (Wildman–Crippen LogP) is 4.17. The summed E-state index contributed by atoms with van der Waals surface area (Å²) in [7, 11) is 0. The van der Waals surface area contributed by atoms with Crippen LogP contribution in [-0.4, -0.2) is 0 Å². The molecule has 0 saturated heterocycles. The largest absolute Gasteiger partial charge is 0.0850 e. The van der Waals surface area contributed by atoms with E-state index in [0.29, 0.717) is 5.41 Å². The van der Waals surface area contributed by atoms with Crippen LogP contribution >= 0.6 is 0 Å². The van der Waals surface area contributed by atoms with E-state index in [1.54, 1.807) is 5.57 Å². The summed E-state index contributed by atoms with van der Waals surface area (Å²) in [6, 6.07) is 0. The molecule has 0 heterocycles. The van der Waals surface area contributed by atoms with Crippen LogP contribution in [0, 0.1) is 17.3 Å². The van der Waals surface area contributed by atoms with Crippen molar-refractivity contribution in [2.24, 2.45) is 17.3 Å². The van der Waals surface area contributed by atoms with Crippen molar-refractivity contribution in [2.45, 2.75) is 52.9 Å². The summed E-state index contributed by atoms with van der Waals surface area (Å²) in [6.45, 7) is 7.20. The number of unbranched alkanes of at least 4 members (excludes halogenated alkanes) is 1. The van der Waals surface area contributed by atoms with Crippen LogP contribution in [-0.2, 0) is 0 Å². The smallest absolute Gasteiger partial charge is 0.0146 e. The van der Waals surface area contributed by atoms with Gasteiger partial charge in [-0.25, -0.2) is 0 Å². The van der Waals surface area contributed by atoms with Gasteiger partial charge in [0.25, 0.3) is 0 Å². The van der Waals surface area contributed by atoms with Gasteiger partial charge in [-0.3, -0.25) is 0 Å². The summed E-state index contributed by atoms with van der Waals surface area (Å²) in [4.78, 5) is 0. The van der Waals surface area contributed by atoms with Crippen LogP contribution in [0.15, 0.2) is 11.6 Å². The highest BCUT2D eigenvalue weighted by atomic mass is 14.6. The zero-order valence-corrected chi connectivity index (χ0v) is 9.27. The summed E-state index contributed by atoms with van der Waals surface area (Å²) in [5.41, 5.74) is 2.42. The zero-order chi connectivity index (χ0) is 9.47. The second-order valence-corrected chi connectivity index (χ2v) is 5.41. The van der Waals surface area contributed by atoms with Crippen LogP contribution in [0.4, 0.5) is 0 Å². The maximum absolute atomic E-state index is 2.53. The second-order valence-electron chi connectivity index (χ2n) is 5.41. The average Bonchev–Trinajstić information content (AvgIpc) is 2.14. The maximum atomic E-state index is 2.53. The van der Waals surface area contributed by atoms with Gasteiger partial charge in [-0.2, -0.15) is 0 Å². The molecular formula is C13H22. The van der Waals surface area contributed by atoms with Gasteiger partial charge in [-0.1, -0.05) is 38.8 Å². The predicted molar refractivity (Wildman–Crippen MR) is 57.6 cm³/mol. The van der Waals surface area contributed by atoms with Crippen LogP contribution in [0.3, 0.4) is 0 Å². The molecular weight excluding hydrogens is 156 g/mol. The molecule has 2 bridgehead atoms. The van der Waals surface area contributed by atoms with Gasteiger partial charge in [-0.15, -0.1) is 0 Å². The summed E-state index contributed by atoms with van der Waals surface area (Å²) < 4.78 is 0. The quantitative estimate of drug-likeness (QED) is 0.557. The zero-order valence-electron chi connectivity index (χ0n) is 9.27. The molecule has 0 nitrogen and oxygen atoms in total. The molecule has 0 amide bonds. The van der Waals surface area contributed by atoms with Gasteiger partial charge in [0.2, 0.25) is 0 Å². The van der Waals surface area contributed by atoms with E-state index in [9.17, 15) is 0 Å². The monoisotopic (exact) mass is 178 g/mol. The van der Waals surface area contributed by atoms with Crippen molar-refractivity contribution in [1.29, 1.82) is 0 Å². The Labute approximate surface area is 82.4 Å². The van der Waals surface area contributed by atoms with Crippen molar-refractivity contribution in [3.8, 4) is 0 Å². The van der Waals surface area contributed by atoms with E-state index in [-0.39, 0.29) is 0 Å². The number of rotatable bonds is 2. The van der Waals surface area contributed by atoms with Gasteiger partial charge in [0.05, 0.1) is 0 Å². The summed E-state index contributed by atoms with van der Waals surface area (Å²) in [6.07, 6.45) is 9.48. The Morgan fingerprint density at radius 3 is 2.77 bits per heavy atom. The molecule has 13 heavy (non-hydrogen) atoms. The molecule has 3 aliphatic rings. The minimum Gasteiger partial charge on any atom is -0.0850 e. The van der Waals surface area contributed by atoms with E-state index in [1.807, 2.05) is 0 Å². The molecule has 3 aliphatic carbocycles. The molecule has 0 aromatic rings. The minimum absolute atomic E-state index is 0.637. The average molecular weight is 178 g/mol.